The maximum atomic E-state index is 9.06. The highest BCUT2D eigenvalue weighted by Gasteiger charge is 2.13. The van der Waals surface area contributed by atoms with Gasteiger partial charge in [0.2, 0.25) is 5.95 Å². The summed E-state index contributed by atoms with van der Waals surface area (Å²) in [6.07, 6.45) is 5.31. The number of nitriles is 1. The number of nitrogens with two attached hydrogens (primary N) is 1. The first kappa shape index (κ1) is 12.4. The summed E-state index contributed by atoms with van der Waals surface area (Å²) >= 11 is 0. The number of hydrogen-bond acceptors (Lipinski definition) is 5. The zero-order valence-electron chi connectivity index (χ0n) is 10.2. The van der Waals surface area contributed by atoms with Gasteiger partial charge in [-0.15, -0.1) is 6.42 Å². The smallest absolute Gasteiger partial charge is 0.221 e. The number of terminal acetylenes is 1. The third-order valence-corrected chi connectivity index (χ3v) is 2.51. The minimum Gasteiger partial charge on any atom is -0.495 e. The molecule has 0 aliphatic heterocycles. The van der Waals surface area contributed by atoms with E-state index in [0.717, 1.165) is 0 Å². The van der Waals surface area contributed by atoms with Crippen molar-refractivity contribution < 1.29 is 4.74 Å². The van der Waals surface area contributed by atoms with Gasteiger partial charge in [-0.3, -0.25) is 0 Å². The summed E-state index contributed by atoms with van der Waals surface area (Å²) in [6, 6.07) is 8.86. The molecule has 0 amide bonds. The number of anilines is 1. The summed E-state index contributed by atoms with van der Waals surface area (Å²) in [5.41, 5.74) is 7.58. The molecule has 2 rings (SSSR count). The maximum Gasteiger partial charge on any atom is 0.221 e. The molecule has 0 bridgehead atoms. The van der Waals surface area contributed by atoms with Gasteiger partial charge >= 0.3 is 0 Å². The van der Waals surface area contributed by atoms with E-state index in [-0.39, 0.29) is 5.95 Å². The van der Waals surface area contributed by atoms with E-state index < -0.39 is 0 Å². The van der Waals surface area contributed by atoms with Gasteiger partial charge < -0.3 is 10.5 Å². The lowest BCUT2D eigenvalue weighted by atomic mass is 10.1. The number of ether oxygens (including phenoxy) is 1. The quantitative estimate of drug-likeness (QED) is 0.818. The van der Waals surface area contributed by atoms with Crippen LogP contribution in [-0.4, -0.2) is 17.1 Å². The lowest BCUT2D eigenvalue weighted by molar-refractivity contribution is 0.415. The molecule has 1 aromatic carbocycles. The monoisotopic (exact) mass is 250 g/mol. The molecule has 0 atom stereocenters. The molecule has 0 aliphatic rings. The fourth-order valence-corrected chi connectivity index (χ4v) is 1.72. The summed E-state index contributed by atoms with van der Waals surface area (Å²) in [7, 11) is 1.49. The zero-order valence-corrected chi connectivity index (χ0v) is 10.2. The molecule has 5 heteroatoms. The Morgan fingerprint density at radius 1 is 1.37 bits per heavy atom. The topological polar surface area (TPSA) is 84.8 Å². The van der Waals surface area contributed by atoms with Crippen molar-refractivity contribution in [1.29, 1.82) is 5.26 Å². The first-order valence-corrected chi connectivity index (χ1v) is 5.38. The molecule has 92 valence electrons. The lowest BCUT2D eigenvalue weighted by Crippen LogP contribution is -2.00. The van der Waals surface area contributed by atoms with Crippen molar-refractivity contribution in [2.24, 2.45) is 0 Å². The third-order valence-electron chi connectivity index (χ3n) is 2.51. The van der Waals surface area contributed by atoms with Crippen molar-refractivity contribution in [1.82, 2.24) is 9.97 Å². The minimum atomic E-state index is 0.0786. The van der Waals surface area contributed by atoms with Crippen LogP contribution < -0.4 is 10.5 Å². The van der Waals surface area contributed by atoms with E-state index in [1.165, 1.54) is 7.11 Å². The summed E-state index contributed by atoms with van der Waals surface area (Å²) < 4.78 is 5.26. The Morgan fingerprint density at radius 3 is 2.79 bits per heavy atom. The van der Waals surface area contributed by atoms with Gasteiger partial charge in [0.1, 0.15) is 17.5 Å². The average Bonchev–Trinajstić information content (AvgIpc) is 2.45. The Hall–Kier alpha value is -3.05. The van der Waals surface area contributed by atoms with Crippen molar-refractivity contribution in [2.45, 2.75) is 0 Å². The minimum absolute atomic E-state index is 0.0786. The molecule has 2 aromatic rings. The number of rotatable bonds is 2. The van der Waals surface area contributed by atoms with Crippen LogP contribution in [0.25, 0.3) is 11.3 Å². The Bertz CT molecular complexity index is 710. The van der Waals surface area contributed by atoms with E-state index in [9.17, 15) is 0 Å². The molecule has 0 radical (unpaired) electrons. The van der Waals surface area contributed by atoms with E-state index >= 15 is 0 Å². The van der Waals surface area contributed by atoms with E-state index in [4.69, 9.17) is 22.2 Å². The highest BCUT2D eigenvalue weighted by molar-refractivity contribution is 5.72. The molecule has 2 N–H and O–H groups in total. The molecule has 0 aliphatic carbocycles. The van der Waals surface area contributed by atoms with Crippen LogP contribution in [0.5, 0.6) is 5.75 Å². The molecule has 0 spiro atoms. The number of para-hydroxylation sites is 1. The van der Waals surface area contributed by atoms with Crippen molar-refractivity contribution in [3.63, 3.8) is 0 Å². The highest BCUT2D eigenvalue weighted by atomic mass is 16.5. The molecular formula is C14H10N4O. The van der Waals surface area contributed by atoms with Crippen LogP contribution >= 0.6 is 0 Å². The Morgan fingerprint density at radius 2 is 2.16 bits per heavy atom. The van der Waals surface area contributed by atoms with E-state index in [1.54, 1.807) is 24.3 Å². The van der Waals surface area contributed by atoms with Crippen LogP contribution in [0.1, 0.15) is 11.3 Å². The molecule has 1 aromatic heterocycles. The van der Waals surface area contributed by atoms with Crippen LogP contribution in [0.2, 0.25) is 0 Å². The van der Waals surface area contributed by atoms with Gasteiger partial charge in [-0.1, -0.05) is 12.0 Å². The molecule has 0 unspecified atom stereocenters. The molecule has 0 saturated carbocycles. The summed E-state index contributed by atoms with van der Waals surface area (Å²) in [5.74, 6) is 2.92. The van der Waals surface area contributed by atoms with Gasteiger partial charge in [-0.25, -0.2) is 9.97 Å². The molecule has 0 fully saturated rings. The zero-order chi connectivity index (χ0) is 13.8. The Labute approximate surface area is 110 Å². The van der Waals surface area contributed by atoms with Crippen LogP contribution in [0.3, 0.4) is 0 Å². The van der Waals surface area contributed by atoms with Crippen molar-refractivity contribution in [3.8, 4) is 35.4 Å². The lowest BCUT2D eigenvalue weighted by Gasteiger charge is -2.09. The molecule has 0 saturated heterocycles. The van der Waals surface area contributed by atoms with E-state index in [1.807, 2.05) is 0 Å². The van der Waals surface area contributed by atoms with Gasteiger partial charge in [0.25, 0.3) is 0 Å². The predicted octanol–water partition coefficient (Wildman–Crippen LogP) is 1.59. The standard InChI is InChI=1S/C14H10N4O/c1-3-10-7-12(18-14(16)17-10)11-6-4-5-9(8-15)13(11)19-2/h1,4-7H,2H3,(H2,16,17,18). The Kier molecular flexibility index (Phi) is 3.31. The average molecular weight is 250 g/mol. The number of hydrogen-bond donors (Lipinski definition) is 1. The Balaban J connectivity index is 2.70. The van der Waals surface area contributed by atoms with E-state index in [0.29, 0.717) is 28.3 Å². The van der Waals surface area contributed by atoms with Gasteiger partial charge in [0.05, 0.1) is 18.4 Å². The SMILES string of the molecule is C#Cc1cc(-c2cccc(C#N)c2OC)nc(N)n1. The predicted molar refractivity (Wildman–Crippen MR) is 71.1 cm³/mol. The second kappa shape index (κ2) is 5.07. The van der Waals surface area contributed by atoms with Gasteiger partial charge in [0.15, 0.2) is 0 Å². The first-order valence-electron chi connectivity index (χ1n) is 5.38. The maximum absolute atomic E-state index is 9.06. The summed E-state index contributed by atoms with van der Waals surface area (Å²) in [4.78, 5) is 8.02. The van der Waals surface area contributed by atoms with Crippen molar-refractivity contribution in [3.05, 3.63) is 35.5 Å². The van der Waals surface area contributed by atoms with Crippen LogP contribution in [0, 0.1) is 23.7 Å². The van der Waals surface area contributed by atoms with Crippen LogP contribution in [0.15, 0.2) is 24.3 Å². The van der Waals surface area contributed by atoms with Crippen molar-refractivity contribution in [2.75, 3.05) is 12.8 Å². The van der Waals surface area contributed by atoms with Gasteiger partial charge in [-0.2, -0.15) is 5.26 Å². The fourth-order valence-electron chi connectivity index (χ4n) is 1.72. The number of nitrogen functional groups attached to an aromatic ring is 1. The van der Waals surface area contributed by atoms with E-state index in [2.05, 4.69) is 22.0 Å². The summed E-state index contributed by atoms with van der Waals surface area (Å²) in [6.45, 7) is 0. The second-order valence-electron chi connectivity index (χ2n) is 3.64. The molecule has 5 nitrogen and oxygen atoms in total. The normalized spacial score (nSPS) is 9.42. The third kappa shape index (κ3) is 2.31. The number of nitrogens with zero attached hydrogens (tertiary/aromatic N) is 3. The van der Waals surface area contributed by atoms with Crippen LogP contribution in [0.4, 0.5) is 5.95 Å². The molecule has 1 heterocycles. The molecular weight excluding hydrogens is 240 g/mol. The van der Waals surface area contributed by atoms with Crippen molar-refractivity contribution >= 4 is 5.95 Å². The first-order chi connectivity index (χ1) is 9.19. The highest BCUT2D eigenvalue weighted by Crippen LogP contribution is 2.32. The fraction of sp³-hybridized carbons (Fsp3) is 0.0714. The van der Waals surface area contributed by atoms with Gasteiger partial charge in [-0.05, 0) is 18.2 Å². The number of benzene rings is 1. The molecule has 19 heavy (non-hydrogen) atoms. The number of methoxy groups -OCH3 is 1. The largest absolute Gasteiger partial charge is 0.495 e. The summed E-state index contributed by atoms with van der Waals surface area (Å²) in [5, 5.41) is 9.06. The second-order valence-corrected chi connectivity index (χ2v) is 3.64. The van der Waals surface area contributed by atoms with Crippen LogP contribution in [-0.2, 0) is 0 Å². The van der Waals surface area contributed by atoms with Gasteiger partial charge in [0, 0.05) is 5.56 Å². The number of aromatic nitrogens is 2.